The average molecular weight is 475 g/mol. The van der Waals surface area contributed by atoms with Crippen molar-refractivity contribution in [3.05, 3.63) is 116 Å². The smallest absolute Gasteiger partial charge is 0.0443 e. The molecule has 2 N–H and O–H groups in total. The third-order valence-electron chi connectivity index (χ3n) is 7.59. The van der Waals surface area contributed by atoms with Crippen molar-refractivity contribution in [3.63, 3.8) is 0 Å². The molecule has 0 saturated heterocycles. The van der Waals surface area contributed by atoms with Gasteiger partial charge in [0, 0.05) is 22.7 Å². The molecule has 4 aliphatic rings. The molecule has 4 aromatic carbocycles. The van der Waals surface area contributed by atoms with Gasteiger partial charge in [0.1, 0.15) is 0 Å². The van der Waals surface area contributed by atoms with Crippen LogP contribution in [0.4, 0.5) is 22.7 Å². The zero-order valence-corrected chi connectivity index (χ0v) is 22.6. The van der Waals surface area contributed by atoms with Crippen LogP contribution in [0.5, 0.6) is 0 Å². The monoisotopic (exact) mass is 474 g/mol. The third kappa shape index (κ3) is 5.04. The molecule has 0 spiro atoms. The van der Waals surface area contributed by atoms with Crippen molar-refractivity contribution in [1.29, 1.82) is 0 Å². The van der Waals surface area contributed by atoms with Crippen LogP contribution >= 0.6 is 0 Å². The van der Waals surface area contributed by atoms with E-state index in [9.17, 15) is 0 Å². The summed E-state index contributed by atoms with van der Waals surface area (Å²) in [6, 6.07) is 23.1. The first-order valence-electron chi connectivity index (χ1n) is 13.2. The largest absolute Gasteiger partial charge is 0.355 e. The molecule has 8 rings (SSSR count). The Labute approximate surface area is 216 Å². The highest BCUT2D eigenvalue weighted by Gasteiger charge is 2.14. The van der Waals surface area contributed by atoms with E-state index >= 15 is 0 Å². The van der Waals surface area contributed by atoms with Gasteiger partial charge < -0.3 is 10.6 Å². The van der Waals surface area contributed by atoms with Crippen molar-refractivity contribution in [3.8, 4) is 0 Å². The van der Waals surface area contributed by atoms with Crippen LogP contribution in [0.3, 0.4) is 0 Å². The summed E-state index contributed by atoms with van der Waals surface area (Å²) in [5.74, 6) is 0. The quantitative estimate of drug-likeness (QED) is 0.308. The Hall–Kier alpha value is -3.52. The van der Waals surface area contributed by atoms with E-state index < -0.39 is 0 Å². The van der Waals surface area contributed by atoms with Crippen molar-refractivity contribution >= 4 is 22.7 Å². The first kappa shape index (κ1) is 24.2. The molecule has 4 bridgehead atoms. The lowest BCUT2D eigenvalue weighted by Gasteiger charge is -2.21. The molecule has 0 heterocycles. The van der Waals surface area contributed by atoms with E-state index in [0.29, 0.717) is 0 Å². The van der Waals surface area contributed by atoms with Gasteiger partial charge in [0.15, 0.2) is 0 Å². The van der Waals surface area contributed by atoms with Gasteiger partial charge in [-0.15, -0.1) is 0 Å². The topological polar surface area (TPSA) is 24.1 Å². The summed E-state index contributed by atoms with van der Waals surface area (Å²) in [6.07, 6.45) is 4.04. The summed E-state index contributed by atoms with van der Waals surface area (Å²) in [6.45, 7) is 13.2. The fourth-order valence-corrected chi connectivity index (χ4v) is 5.81. The lowest BCUT2D eigenvalue weighted by Crippen LogP contribution is -2.06. The fraction of sp³-hybridized carbons (Fsp3) is 0.294. The molecule has 0 aromatic heterocycles. The maximum Gasteiger partial charge on any atom is 0.0443 e. The molecular weight excluding hydrogens is 436 g/mol. The highest BCUT2D eigenvalue weighted by molar-refractivity contribution is 5.72. The van der Waals surface area contributed by atoms with E-state index in [1.54, 1.807) is 0 Å². The van der Waals surface area contributed by atoms with Crippen molar-refractivity contribution in [1.82, 2.24) is 0 Å². The van der Waals surface area contributed by atoms with Crippen LogP contribution in [0.15, 0.2) is 60.7 Å². The lowest BCUT2D eigenvalue weighted by atomic mass is 9.93. The maximum absolute atomic E-state index is 3.82. The second-order valence-electron chi connectivity index (χ2n) is 10.8. The zero-order chi connectivity index (χ0) is 25.4. The fourth-order valence-electron chi connectivity index (χ4n) is 5.81. The SMILES string of the molecule is Cc1cc(C)c(Nc2cc3ccc2CCc2ccc(c(Nc4c(C)cc(C)cc4C)c2)CC3)c(C)c1. The normalized spacial score (nSPS) is 12.8. The summed E-state index contributed by atoms with van der Waals surface area (Å²) in [4.78, 5) is 0. The van der Waals surface area contributed by atoms with Crippen molar-refractivity contribution in [2.24, 2.45) is 0 Å². The number of aryl methyl sites for hydroxylation is 10. The standard InChI is InChI=1S/C34H38N2/c1-21-15-23(3)33(24(4)16-21)35-31-19-27-7-11-29(31)13-9-28-8-12-30(14-10-27)32(20-28)36-34-25(5)17-22(2)18-26(34)6/h7-8,11-12,15-20,35-36H,9-10,13-14H2,1-6H3. The van der Waals surface area contributed by atoms with Crippen molar-refractivity contribution < 1.29 is 0 Å². The van der Waals surface area contributed by atoms with Crippen LogP contribution in [0.1, 0.15) is 55.6 Å². The van der Waals surface area contributed by atoms with Crippen LogP contribution < -0.4 is 10.6 Å². The highest BCUT2D eigenvalue weighted by atomic mass is 14.9. The molecule has 36 heavy (non-hydrogen) atoms. The van der Waals surface area contributed by atoms with Gasteiger partial charge in [0.25, 0.3) is 0 Å². The maximum atomic E-state index is 3.82. The van der Waals surface area contributed by atoms with E-state index in [1.807, 2.05) is 0 Å². The summed E-state index contributed by atoms with van der Waals surface area (Å²) in [5.41, 5.74) is 18.3. The minimum atomic E-state index is 1.01. The molecule has 4 aromatic rings. The number of benzene rings is 4. The zero-order valence-electron chi connectivity index (χ0n) is 22.6. The van der Waals surface area contributed by atoms with Gasteiger partial charge in [-0.3, -0.25) is 0 Å². The van der Waals surface area contributed by atoms with Gasteiger partial charge in [-0.25, -0.2) is 0 Å². The predicted octanol–water partition coefficient (Wildman–Crippen LogP) is 8.91. The molecule has 4 aliphatic carbocycles. The first-order valence-corrected chi connectivity index (χ1v) is 13.2. The Bertz CT molecular complexity index is 1290. The van der Waals surface area contributed by atoms with E-state index in [0.717, 1.165) is 25.7 Å². The molecule has 2 heteroatoms. The molecule has 0 saturated carbocycles. The molecule has 0 aliphatic heterocycles. The van der Waals surface area contributed by atoms with Crippen molar-refractivity contribution in [2.45, 2.75) is 67.2 Å². The van der Waals surface area contributed by atoms with Gasteiger partial charge in [-0.1, -0.05) is 59.7 Å². The van der Waals surface area contributed by atoms with Crippen LogP contribution in [-0.2, 0) is 25.7 Å². The van der Waals surface area contributed by atoms with Gasteiger partial charge in [-0.05, 0) is 124 Å². The van der Waals surface area contributed by atoms with E-state index in [2.05, 4.69) is 113 Å². The average Bonchev–Trinajstić information content (AvgIpc) is 2.80. The van der Waals surface area contributed by atoms with Gasteiger partial charge in [0.05, 0.1) is 0 Å². The van der Waals surface area contributed by atoms with Gasteiger partial charge in [0.2, 0.25) is 0 Å². The molecule has 184 valence electrons. The Morgan fingerprint density at radius 1 is 0.444 bits per heavy atom. The number of anilines is 4. The molecule has 0 atom stereocenters. The molecule has 0 amide bonds. The first-order chi connectivity index (χ1) is 17.3. The second-order valence-corrected chi connectivity index (χ2v) is 10.8. The molecule has 0 unspecified atom stereocenters. The number of nitrogens with one attached hydrogen (secondary N) is 2. The van der Waals surface area contributed by atoms with Crippen LogP contribution in [0, 0.1) is 41.5 Å². The Morgan fingerprint density at radius 2 is 0.806 bits per heavy atom. The minimum absolute atomic E-state index is 1.01. The van der Waals surface area contributed by atoms with Crippen molar-refractivity contribution in [2.75, 3.05) is 10.6 Å². The summed E-state index contributed by atoms with van der Waals surface area (Å²) in [7, 11) is 0. The van der Waals surface area contributed by atoms with E-state index in [-0.39, 0.29) is 0 Å². The number of rotatable bonds is 4. The van der Waals surface area contributed by atoms with Gasteiger partial charge in [-0.2, -0.15) is 0 Å². The lowest BCUT2D eigenvalue weighted by molar-refractivity contribution is 0.924. The van der Waals surface area contributed by atoms with E-state index in [4.69, 9.17) is 0 Å². The van der Waals surface area contributed by atoms with E-state index in [1.165, 1.54) is 78.4 Å². The van der Waals surface area contributed by atoms with Crippen LogP contribution in [-0.4, -0.2) is 0 Å². The highest BCUT2D eigenvalue weighted by Crippen LogP contribution is 2.33. The van der Waals surface area contributed by atoms with Crippen LogP contribution in [0.25, 0.3) is 0 Å². The number of hydrogen-bond donors (Lipinski definition) is 2. The molecular formula is C34H38N2. The third-order valence-corrected chi connectivity index (χ3v) is 7.59. The Kier molecular flexibility index (Phi) is 6.62. The summed E-state index contributed by atoms with van der Waals surface area (Å²) in [5, 5.41) is 7.64. The Morgan fingerprint density at radius 3 is 1.17 bits per heavy atom. The van der Waals surface area contributed by atoms with Gasteiger partial charge >= 0.3 is 0 Å². The summed E-state index contributed by atoms with van der Waals surface area (Å²) >= 11 is 0. The minimum Gasteiger partial charge on any atom is -0.355 e. The molecule has 2 nitrogen and oxygen atoms in total. The summed E-state index contributed by atoms with van der Waals surface area (Å²) < 4.78 is 0. The second kappa shape index (κ2) is 9.85. The Balaban J connectivity index is 1.47. The predicted molar refractivity (Wildman–Crippen MR) is 156 cm³/mol. The molecule has 0 radical (unpaired) electrons. The number of hydrogen-bond acceptors (Lipinski definition) is 2. The van der Waals surface area contributed by atoms with Crippen LogP contribution in [0.2, 0.25) is 0 Å². The molecule has 0 fully saturated rings.